The summed E-state index contributed by atoms with van der Waals surface area (Å²) in [7, 11) is 0. The number of rotatable bonds is 5. The van der Waals surface area contributed by atoms with E-state index in [1.807, 2.05) is 78.9 Å². The van der Waals surface area contributed by atoms with Crippen LogP contribution in [0, 0.1) is 10.1 Å². The smallest absolute Gasteiger partial charge is 0.300 e. The lowest BCUT2D eigenvalue weighted by molar-refractivity contribution is -0.555. The third kappa shape index (κ3) is 3.67. The minimum absolute atomic E-state index is 0. The Morgan fingerprint density at radius 3 is 2.13 bits per heavy atom. The van der Waals surface area contributed by atoms with Crippen LogP contribution in [0.1, 0.15) is 16.7 Å². The molecule has 0 bridgehead atoms. The fourth-order valence-electron chi connectivity index (χ4n) is 3.98. The lowest BCUT2D eigenvalue weighted by atomic mass is 9.82. The minimum atomic E-state index is -1.69. The summed E-state index contributed by atoms with van der Waals surface area (Å²) in [4.78, 5) is 16.5. The Hall–Kier alpha value is -3.22. The molecule has 0 aliphatic carbocycles. The van der Waals surface area contributed by atoms with Crippen molar-refractivity contribution in [2.45, 2.75) is 24.5 Å². The van der Waals surface area contributed by atoms with Gasteiger partial charge in [-0.05, 0) is 29.2 Å². The Morgan fingerprint density at radius 2 is 1.53 bits per heavy atom. The van der Waals surface area contributed by atoms with Gasteiger partial charge in [-0.25, -0.2) is 0 Å². The highest BCUT2D eigenvalue weighted by Crippen LogP contribution is 2.28. The molecule has 0 amide bonds. The monoisotopic (exact) mass is 422 g/mol. The first-order valence-electron chi connectivity index (χ1n) is 9.46. The van der Waals surface area contributed by atoms with Gasteiger partial charge in [0.2, 0.25) is 0 Å². The lowest BCUT2D eigenvalue weighted by Gasteiger charge is -2.32. The molecule has 0 aromatic heterocycles. The van der Waals surface area contributed by atoms with Crippen LogP contribution in [-0.2, 0) is 12.8 Å². The molecule has 4 rings (SSSR count). The summed E-state index contributed by atoms with van der Waals surface area (Å²) in [6.45, 7) is 0. The molecule has 0 saturated carbocycles. The average Bonchev–Trinajstić information content (AvgIpc) is 2.72. The van der Waals surface area contributed by atoms with E-state index < -0.39 is 11.7 Å². The van der Waals surface area contributed by atoms with E-state index in [9.17, 15) is 10.1 Å². The molecule has 1 aliphatic heterocycles. The second-order valence-corrected chi connectivity index (χ2v) is 7.30. The maximum Gasteiger partial charge on any atom is 0.300 e. The molecule has 2 unspecified atom stereocenters. The van der Waals surface area contributed by atoms with Crippen molar-refractivity contribution >= 4 is 18.1 Å². The summed E-state index contributed by atoms with van der Waals surface area (Å²) in [5.74, 6) is 0. The average molecular weight is 423 g/mol. The third-order valence-corrected chi connectivity index (χ3v) is 5.51. The van der Waals surface area contributed by atoms with Crippen LogP contribution >= 0.6 is 12.4 Å². The zero-order valence-corrected chi connectivity index (χ0v) is 17.1. The molecule has 6 nitrogen and oxygen atoms in total. The fraction of sp³-hybridized carbons (Fsp3) is 0.174. The van der Waals surface area contributed by atoms with E-state index in [-0.39, 0.29) is 29.4 Å². The predicted octanol–water partition coefficient (Wildman–Crippen LogP) is 1.94. The molecule has 0 spiro atoms. The largest absolute Gasteiger partial charge is 0.396 e. The van der Waals surface area contributed by atoms with Gasteiger partial charge >= 0.3 is 0 Å². The van der Waals surface area contributed by atoms with Gasteiger partial charge in [0.1, 0.15) is 0 Å². The molecule has 1 aliphatic rings. The van der Waals surface area contributed by atoms with Gasteiger partial charge in [0, 0.05) is 10.1 Å². The van der Waals surface area contributed by atoms with Crippen molar-refractivity contribution in [3.8, 4) is 0 Å². The van der Waals surface area contributed by atoms with Crippen LogP contribution in [0.3, 0.4) is 0 Å². The van der Waals surface area contributed by atoms with Gasteiger partial charge in [0.05, 0.1) is 17.5 Å². The minimum Gasteiger partial charge on any atom is -0.396 e. The van der Waals surface area contributed by atoms with Crippen molar-refractivity contribution in [2.75, 3.05) is 0 Å². The van der Waals surface area contributed by atoms with Gasteiger partial charge in [-0.2, -0.15) is 0 Å². The normalized spacial score (nSPS) is 19.9. The van der Waals surface area contributed by atoms with E-state index in [2.05, 4.69) is 4.99 Å². The SMILES string of the molecule is Cl.NC1=c2c(Cc3ccccc3)cccc2=NC(N)C1(Cc1ccccc1)[N+](=O)[O-]. The van der Waals surface area contributed by atoms with Crippen LogP contribution in [0.4, 0.5) is 0 Å². The molecular weight excluding hydrogens is 400 g/mol. The first-order valence-corrected chi connectivity index (χ1v) is 9.46. The number of hydrogen-bond donors (Lipinski definition) is 2. The van der Waals surface area contributed by atoms with Crippen LogP contribution < -0.4 is 22.0 Å². The van der Waals surface area contributed by atoms with Gasteiger partial charge in [0.15, 0.2) is 6.17 Å². The van der Waals surface area contributed by atoms with E-state index in [0.29, 0.717) is 17.0 Å². The number of benzene rings is 3. The number of nitrogens with two attached hydrogens (primary N) is 2. The first kappa shape index (κ1) is 21.5. The highest BCUT2D eigenvalue weighted by molar-refractivity contribution is 5.85. The van der Waals surface area contributed by atoms with Crippen LogP contribution in [0.5, 0.6) is 0 Å². The second kappa shape index (κ2) is 8.65. The summed E-state index contributed by atoms with van der Waals surface area (Å²) < 4.78 is 0. The molecule has 2 atom stereocenters. The molecule has 0 saturated heterocycles. The third-order valence-electron chi connectivity index (χ3n) is 5.51. The molecule has 30 heavy (non-hydrogen) atoms. The first-order chi connectivity index (χ1) is 14.0. The fourth-order valence-corrected chi connectivity index (χ4v) is 3.98. The number of hydrogen-bond acceptors (Lipinski definition) is 5. The highest BCUT2D eigenvalue weighted by Gasteiger charge is 2.54. The van der Waals surface area contributed by atoms with Crippen LogP contribution in [0.25, 0.3) is 5.70 Å². The summed E-state index contributed by atoms with van der Waals surface area (Å²) in [5, 5.41) is 13.6. The standard InChI is InChI=1S/C23H22N4O2.ClH/c24-21-20-18(14-16-8-3-1-4-9-16)12-7-13-19(20)26-22(25)23(21,27(28)29)15-17-10-5-2-6-11-17;/h1-13,22H,14-15,24-25H2;1H. The Labute approximate surface area is 180 Å². The van der Waals surface area contributed by atoms with Crippen LogP contribution in [0.15, 0.2) is 83.9 Å². The van der Waals surface area contributed by atoms with E-state index in [1.54, 1.807) is 0 Å². The maximum absolute atomic E-state index is 12.3. The van der Waals surface area contributed by atoms with Gasteiger partial charge < -0.3 is 11.5 Å². The molecule has 1 heterocycles. The van der Waals surface area contributed by atoms with Crippen molar-refractivity contribution in [3.63, 3.8) is 0 Å². The lowest BCUT2D eigenvalue weighted by Crippen LogP contribution is -2.63. The van der Waals surface area contributed by atoms with Crippen molar-refractivity contribution in [3.05, 3.63) is 116 Å². The number of nitrogens with zero attached hydrogens (tertiary/aromatic N) is 2. The van der Waals surface area contributed by atoms with E-state index in [4.69, 9.17) is 11.5 Å². The number of halogens is 1. The van der Waals surface area contributed by atoms with Crippen molar-refractivity contribution in [1.29, 1.82) is 0 Å². The Bertz CT molecular complexity index is 1170. The summed E-state index contributed by atoms with van der Waals surface area (Å²) in [6.07, 6.45) is -0.386. The zero-order valence-electron chi connectivity index (χ0n) is 16.3. The van der Waals surface area contributed by atoms with E-state index in [0.717, 1.165) is 16.7 Å². The number of fused-ring (bicyclic) bond motifs is 1. The molecule has 3 aromatic carbocycles. The van der Waals surface area contributed by atoms with E-state index >= 15 is 0 Å². The topological polar surface area (TPSA) is 108 Å². The summed E-state index contributed by atoms with van der Waals surface area (Å²) in [6, 6.07) is 24.8. The van der Waals surface area contributed by atoms with Gasteiger partial charge in [0.25, 0.3) is 5.54 Å². The second-order valence-electron chi connectivity index (χ2n) is 7.30. The highest BCUT2D eigenvalue weighted by atomic mass is 35.5. The quantitative estimate of drug-likeness (QED) is 0.484. The van der Waals surface area contributed by atoms with E-state index in [1.165, 1.54) is 0 Å². The molecule has 7 heteroatoms. The van der Waals surface area contributed by atoms with Crippen molar-refractivity contribution < 1.29 is 4.92 Å². The van der Waals surface area contributed by atoms with Gasteiger partial charge in [-0.15, -0.1) is 12.4 Å². The summed E-state index contributed by atoms with van der Waals surface area (Å²) in [5.41, 5.74) is 14.1. The molecule has 154 valence electrons. The Morgan fingerprint density at radius 1 is 0.933 bits per heavy atom. The van der Waals surface area contributed by atoms with Crippen LogP contribution in [0.2, 0.25) is 0 Å². The molecule has 3 aromatic rings. The Balaban J connectivity index is 0.00000256. The van der Waals surface area contributed by atoms with Gasteiger partial charge in [-0.3, -0.25) is 15.1 Å². The van der Waals surface area contributed by atoms with Crippen LogP contribution in [-0.4, -0.2) is 16.6 Å². The van der Waals surface area contributed by atoms with Crippen molar-refractivity contribution in [1.82, 2.24) is 0 Å². The molecule has 4 N–H and O–H groups in total. The Kier molecular flexibility index (Phi) is 6.20. The molecule has 0 radical (unpaired) electrons. The molecular formula is C23H23ClN4O2. The van der Waals surface area contributed by atoms with Gasteiger partial charge in [-0.1, -0.05) is 72.8 Å². The predicted molar refractivity (Wildman–Crippen MR) is 119 cm³/mol. The zero-order chi connectivity index (χ0) is 20.4. The maximum atomic E-state index is 12.3. The summed E-state index contributed by atoms with van der Waals surface area (Å²) >= 11 is 0. The van der Waals surface area contributed by atoms with Crippen molar-refractivity contribution in [2.24, 2.45) is 16.5 Å². The molecule has 0 fully saturated rings. The number of nitro groups is 1.